The van der Waals surface area contributed by atoms with Crippen molar-refractivity contribution in [1.82, 2.24) is 10.2 Å². The smallest absolute Gasteiger partial charge is 0.222 e. The molecule has 0 unspecified atom stereocenters. The molecule has 1 fully saturated rings. The summed E-state index contributed by atoms with van der Waals surface area (Å²) in [6.07, 6.45) is 1.73. The minimum absolute atomic E-state index is 0.130. The van der Waals surface area contributed by atoms with E-state index in [-0.39, 0.29) is 17.6 Å². The first-order valence-corrected chi connectivity index (χ1v) is 7.03. The summed E-state index contributed by atoms with van der Waals surface area (Å²) in [5, 5.41) is 3.74. The highest BCUT2D eigenvalue weighted by molar-refractivity contribution is 7.80. The highest BCUT2D eigenvalue weighted by Gasteiger charge is 2.25. The van der Waals surface area contributed by atoms with Crippen LogP contribution in [0.3, 0.4) is 0 Å². The maximum Gasteiger partial charge on any atom is 0.222 e. The SMILES string of the molecule is NC(=O)[C@H]1CCCN(C(=S)NCc2ccc(F)cc2)C1. The van der Waals surface area contributed by atoms with Gasteiger partial charge in [-0.2, -0.15) is 0 Å². The fraction of sp³-hybridized carbons (Fsp3) is 0.429. The Kier molecular flexibility index (Phi) is 4.89. The summed E-state index contributed by atoms with van der Waals surface area (Å²) in [5.41, 5.74) is 6.30. The van der Waals surface area contributed by atoms with E-state index in [4.69, 9.17) is 18.0 Å². The van der Waals surface area contributed by atoms with Crippen LogP contribution in [0, 0.1) is 11.7 Å². The fourth-order valence-corrected chi connectivity index (χ4v) is 2.52. The highest BCUT2D eigenvalue weighted by Crippen LogP contribution is 2.16. The lowest BCUT2D eigenvalue weighted by molar-refractivity contribution is -0.122. The zero-order chi connectivity index (χ0) is 14.5. The standard InChI is InChI=1S/C14H18FN3OS/c15-12-5-3-10(4-6-12)8-17-14(20)18-7-1-2-11(9-18)13(16)19/h3-6,11H,1-2,7-9H2,(H2,16,19)(H,17,20)/t11-/m0/s1. The molecule has 1 aliphatic rings. The van der Waals surface area contributed by atoms with E-state index in [1.54, 1.807) is 12.1 Å². The fourth-order valence-electron chi connectivity index (χ4n) is 2.29. The van der Waals surface area contributed by atoms with E-state index in [0.29, 0.717) is 18.2 Å². The predicted molar refractivity (Wildman–Crippen MR) is 79.3 cm³/mol. The number of carbonyl (C=O) groups excluding carboxylic acids is 1. The van der Waals surface area contributed by atoms with Gasteiger partial charge in [0.05, 0.1) is 5.92 Å². The number of carbonyl (C=O) groups is 1. The summed E-state index contributed by atoms with van der Waals surface area (Å²) >= 11 is 5.33. The molecular formula is C14H18FN3OS. The second kappa shape index (κ2) is 6.65. The van der Waals surface area contributed by atoms with E-state index in [9.17, 15) is 9.18 Å². The number of nitrogens with two attached hydrogens (primary N) is 1. The van der Waals surface area contributed by atoms with Crippen LogP contribution in [0.15, 0.2) is 24.3 Å². The van der Waals surface area contributed by atoms with Gasteiger partial charge in [0.1, 0.15) is 5.82 Å². The van der Waals surface area contributed by atoms with E-state index >= 15 is 0 Å². The second-order valence-corrected chi connectivity index (χ2v) is 5.36. The maximum atomic E-state index is 12.8. The van der Waals surface area contributed by atoms with E-state index in [0.717, 1.165) is 24.9 Å². The van der Waals surface area contributed by atoms with Gasteiger partial charge in [0.2, 0.25) is 5.91 Å². The number of nitrogens with zero attached hydrogens (tertiary/aromatic N) is 1. The van der Waals surface area contributed by atoms with Gasteiger partial charge in [-0.15, -0.1) is 0 Å². The average Bonchev–Trinajstić information content (AvgIpc) is 2.46. The number of thiocarbonyl (C=S) groups is 1. The first kappa shape index (κ1) is 14.7. The molecule has 1 aromatic rings. The van der Waals surface area contributed by atoms with Crippen LogP contribution in [-0.2, 0) is 11.3 Å². The third kappa shape index (κ3) is 3.90. The maximum absolute atomic E-state index is 12.8. The number of hydrogen-bond donors (Lipinski definition) is 2. The molecular weight excluding hydrogens is 277 g/mol. The lowest BCUT2D eigenvalue weighted by Gasteiger charge is -2.33. The van der Waals surface area contributed by atoms with E-state index in [2.05, 4.69) is 5.32 Å². The third-order valence-electron chi connectivity index (χ3n) is 3.47. The van der Waals surface area contributed by atoms with Gasteiger partial charge in [-0.05, 0) is 42.8 Å². The number of piperidine rings is 1. The summed E-state index contributed by atoms with van der Waals surface area (Å²) in [6, 6.07) is 6.27. The molecule has 1 saturated heterocycles. The van der Waals surface area contributed by atoms with Gasteiger partial charge in [-0.1, -0.05) is 12.1 Å². The van der Waals surface area contributed by atoms with Gasteiger partial charge >= 0.3 is 0 Å². The number of hydrogen-bond acceptors (Lipinski definition) is 2. The van der Waals surface area contributed by atoms with Crippen LogP contribution in [0.4, 0.5) is 4.39 Å². The van der Waals surface area contributed by atoms with Gasteiger partial charge in [0.15, 0.2) is 5.11 Å². The first-order valence-electron chi connectivity index (χ1n) is 6.63. The monoisotopic (exact) mass is 295 g/mol. The normalized spacial score (nSPS) is 18.6. The van der Waals surface area contributed by atoms with Crippen LogP contribution < -0.4 is 11.1 Å². The predicted octanol–water partition coefficient (Wildman–Crippen LogP) is 1.40. The molecule has 1 aliphatic heterocycles. The summed E-state index contributed by atoms with van der Waals surface area (Å²) < 4.78 is 12.8. The van der Waals surface area contributed by atoms with Gasteiger partial charge in [0.25, 0.3) is 0 Å². The number of benzene rings is 1. The number of nitrogens with one attached hydrogen (secondary N) is 1. The number of halogens is 1. The molecule has 0 radical (unpaired) electrons. The van der Waals surface area contributed by atoms with Crippen molar-refractivity contribution in [1.29, 1.82) is 0 Å². The summed E-state index contributed by atoms with van der Waals surface area (Å²) in [7, 11) is 0. The van der Waals surface area contributed by atoms with Crippen LogP contribution in [0.1, 0.15) is 18.4 Å². The molecule has 3 N–H and O–H groups in total. The molecule has 0 saturated carbocycles. The summed E-state index contributed by atoms with van der Waals surface area (Å²) in [4.78, 5) is 13.2. The Hall–Kier alpha value is -1.69. The van der Waals surface area contributed by atoms with E-state index in [1.807, 2.05) is 4.90 Å². The lowest BCUT2D eigenvalue weighted by Crippen LogP contribution is -2.47. The van der Waals surface area contributed by atoms with Gasteiger partial charge in [-0.3, -0.25) is 4.79 Å². The van der Waals surface area contributed by atoms with Crippen molar-refractivity contribution in [3.05, 3.63) is 35.6 Å². The average molecular weight is 295 g/mol. The number of rotatable bonds is 3. The van der Waals surface area contributed by atoms with Crippen molar-refractivity contribution in [2.24, 2.45) is 11.7 Å². The Morgan fingerprint density at radius 3 is 2.80 bits per heavy atom. The molecule has 1 heterocycles. The highest BCUT2D eigenvalue weighted by atomic mass is 32.1. The van der Waals surface area contributed by atoms with Crippen LogP contribution in [0.5, 0.6) is 0 Å². The van der Waals surface area contributed by atoms with Gasteiger partial charge < -0.3 is 16.0 Å². The molecule has 4 nitrogen and oxygen atoms in total. The molecule has 1 amide bonds. The van der Waals surface area contributed by atoms with Crippen molar-refractivity contribution >= 4 is 23.2 Å². The largest absolute Gasteiger partial charge is 0.369 e. The zero-order valence-electron chi connectivity index (χ0n) is 11.1. The van der Waals surface area contributed by atoms with E-state index in [1.165, 1.54) is 12.1 Å². The van der Waals surface area contributed by atoms with Gasteiger partial charge in [0, 0.05) is 19.6 Å². The van der Waals surface area contributed by atoms with Gasteiger partial charge in [-0.25, -0.2) is 4.39 Å². The lowest BCUT2D eigenvalue weighted by atomic mass is 9.98. The molecule has 1 aromatic carbocycles. The minimum Gasteiger partial charge on any atom is -0.369 e. The molecule has 6 heteroatoms. The Labute approximate surface area is 123 Å². The second-order valence-electron chi connectivity index (χ2n) is 4.97. The third-order valence-corrected chi connectivity index (χ3v) is 3.87. The van der Waals surface area contributed by atoms with E-state index < -0.39 is 0 Å². The topological polar surface area (TPSA) is 58.4 Å². The molecule has 2 rings (SSSR count). The Morgan fingerprint density at radius 1 is 1.45 bits per heavy atom. The van der Waals surface area contributed by atoms with Crippen molar-refractivity contribution in [2.75, 3.05) is 13.1 Å². The number of likely N-dealkylation sites (tertiary alicyclic amines) is 1. The molecule has 0 aromatic heterocycles. The Balaban J connectivity index is 1.85. The van der Waals surface area contributed by atoms with Crippen LogP contribution in [0.25, 0.3) is 0 Å². The molecule has 1 atom stereocenters. The van der Waals surface area contributed by atoms with Crippen LogP contribution in [0.2, 0.25) is 0 Å². The quantitative estimate of drug-likeness (QED) is 0.828. The van der Waals surface area contributed by atoms with Crippen molar-refractivity contribution < 1.29 is 9.18 Å². The molecule has 0 bridgehead atoms. The molecule has 0 spiro atoms. The molecule has 20 heavy (non-hydrogen) atoms. The summed E-state index contributed by atoms with van der Waals surface area (Å²) in [6.45, 7) is 1.94. The zero-order valence-corrected chi connectivity index (χ0v) is 12.0. The Bertz CT molecular complexity index is 492. The Morgan fingerprint density at radius 2 is 2.15 bits per heavy atom. The molecule has 0 aliphatic carbocycles. The number of amides is 1. The first-order chi connectivity index (χ1) is 9.56. The minimum atomic E-state index is -0.268. The summed E-state index contributed by atoms with van der Waals surface area (Å²) in [5.74, 6) is -0.651. The van der Waals surface area contributed by atoms with Crippen LogP contribution >= 0.6 is 12.2 Å². The van der Waals surface area contributed by atoms with Crippen molar-refractivity contribution in [2.45, 2.75) is 19.4 Å². The van der Waals surface area contributed by atoms with Crippen molar-refractivity contribution in [3.8, 4) is 0 Å². The van der Waals surface area contributed by atoms with Crippen molar-refractivity contribution in [3.63, 3.8) is 0 Å². The number of primary amides is 1. The molecule has 108 valence electrons. The van der Waals surface area contributed by atoms with Crippen LogP contribution in [-0.4, -0.2) is 29.0 Å².